The molecule has 0 heterocycles. The molecular weight excluding hydrogens is 168 g/mol. The molecule has 1 heteroatoms. The predicted molar refractivity (Wildman–Crippen MR) is 53.4 cm³/mol. The second-order valence-electron chi connectivity index (χ2n) is 2.49. The molecule has 0 N–H and O–H groups in total. The van der Waals surface area contributed by atoms with E-state index in [1.54, 1.807) is 0 Å². The highest BCUT2D eigenvalue weighted by Crippen LogP contribution is 2.03. The van der Waals surface area contributed by atoms with Gasteiger partial charge < -0.3 is 0 Å². The van der Waals surface area contributed by atoms with E-state index in [4.69, 9.17) is 11.6 Å². The summed E-state index contributed by atoms with van der Waals surface area (Å²) in [7, 11) is 0. The number of rotatable bonds is 1. The second kappa shape index (κ2) is 4.85. The molecule has 0 aromatic heterocycles. The molecule has 1 aromatic rings. The van der Waals surface area contributed by atoms with Crippen LogP contribution in [0.2, 0.25) is 0 Å². The van der Waals surface area contributed by atoms with Gasteiger partial charge in [0.25, 0.3) is 0 Å². The molecule has 0 bridgehead atoms. The van der Waals surface area contributed by atoms with Crippen molar-refractivity contribution in [3.63, 3.8) is 0 Å². The molecule has 1 rings (SSSR count). The van der Waals surface area contributed by atoms with Gasteiger partial charge in [0.15, 0.2) is 0 Å². The molecule has 0 amide bonds. The van der Waals surface area contributed by atoms with E-state index in [-0.39, 0.29) is 0 Å². The molecule has 0 fully saturated rings. The number of benzene rings is 1. The lowest BCUT2D eigenvalue weighted by Crippen LogP contribution is -1.79. The van der Waals surface area contributed by atoms with E-state index in [9.17, 15) is 0 Å². The molecule has 0 aliphatic heterocycles. The standard InChI is InChI=1S/C11H11Cl/c1-2-10-5-7-11(8-6-10)4-3-9-12/h5-8H,2,9H2,1H3. The Kier molecular flexibility index (Phi) is 3.70. The van der Waals surface area contributed by atoms with Gasteiger partial charge in [-0.1, -0.05) is 30.9 Å². The monoisotopic (exact) mass is 178 g/mol. The molecule has 0 unspecified atom stereocenters. The van der Waals surface area contributed by atoms with Crippen molar-refractivity contribution in [2.75, 3.05) is 5.88 Å². The molecule has 1 aromatic carbocycles. The molecule has 0 spiro atoms. The molecule has 0 aliphatic carbocycles. The van der Waals surface area contributed by atoms with Crippen molar-refractivity contribution in [1.82, 2.24) is 0 Å². The third-order valence-corrected chi connectivity index (χ3v) is 1.80. The van der Waals surface area contributed by atoms with Gasteiger partial charge >= 0.3 is 0 Å². The van der Waals surface area contributed by atoms with Gasteiger partial charge in [-0.05, 0) is 24.1 Å². The zero-order chi connectivity index (χ0) is 8.81. The molecule has 0 radical (unpaired) electrons. The maximum absolute atomic E-state index is 5.44. The van der Waals surface area contributed by atoms with Crippen LogP contribution < -0.4 is 0 Å². The summed E-state index contributed by atoms with van der Waals surface area (Å²) >= 11 is 5.44. The third kappa shape index (κ3) is 2.60. The van der Waals surface area contributed by atoms with E-state index < -0.39 is 0 Å². The summed E-state index contributed by atoms with van der Waals surface area (Å²) in [6.45, 7) is 2.14. The minimum absolute atomic E-state index is 0.398. The van der Waals surface area contributed by atoms with E-state index >= 15 is 0 Å². The first-order chi connectivity index (χ1) is 5.86. The topological polar surface area (TPSA) is 0 Å². The van der Waals surface area contributed by atoms with Crippen LogP contribution >= 0.6 is 11.6 Å². The van der Waals surface area contributed by atoms with Gasteiger partial charge in [-0.15, -0.1) is 11.6 Å². The van der Waals surface area contributed by atoms with Crippen molar-refractivity contribution in [1.29, 1.82) is 0 Å². The van der Waals surface area contributed by atoms with Crippen LogP contribution in [-0.4, -0.2) is 5.88 Å². The summed E-state index contributed by atoms with van der Waals surface area (Å²) in [5.41, 5.74) is 2.37. The first-order valence-corrected chi connectivity index (χ1v) is 4.54. The Balaban J connectivity index is 2.78. The average Bonchev–Trinajstić information content (AvgIpc) is 2.15. The van der Waals surface area contributed by atoms with E-state index in [0.717, 1.165) is 12.0 Å². The fourth-order valence-electron chi connectivity index (χ4n) is 0.959. The number of aryl methyl sites for hydroxylation is 1. The quantitative estimate of drug-likeness (QED) is 0.458. The molecule has 0 nitrogen and oxygen atoms in total. The summed E-state index contributed by atoms with van der Waals surface area (Å²) in [6.07, 6.45) is 1.07. The molecule has 0 atom stereocenters. The number of hydrogen-bond acceptors (Lipinski definition) is 0. The zero-order valence-corrected chi connectivity index (χ0v) is 7.86. The van der Waals surface area contributed by atoms with E-state index in [0.29, 0.717) is 5.88 Å². The Morgan fingerprint density at radius 2 is 1.92 bits per heavy atom. The first-order valence-electron chi connectivity index (χ1n) is 4.00. The summed E-state index contributed by atoms with van der Waals surface area (Å²) in [5, 5.41) is 0. The van der Waals surface area contributed by atoms with Crippen molar-refractivity contribution in [2.45, 2.75) is 13.3 Å². The van der Waals surface area contributed by atoms with Crippen molar-refractivity contribution in [3.05, 3.63) is 35.4 Å². The van der Waals surface area contributed by atoms with E-state index in [1.807, 2.05) is 12.1 Å². The van der Waals surface area contributed by atoms with Gasteiger partial charge in [-0.2, -0.15) is 0 Å². The molecule has 62 valence electrons. The summed E-state index contributed by atoms with van der Waals surface area (Å²) in [6, 6.07) is 8.24. The average molecular weight is 179 g/mol. The van der Waals surface area contributed by atoms with Gasteiger partial charge in [0.2, 0.25) is 0 Å². The normalized spacial score (nSPS) is 8.83. The number of alkyl halides is 1. The van der Waals surface area contributed by atoms with Crippen LogP contribution in [0.25, 0.3) is 0 Å². The highest BCUT2D eigenvalue weighted by Gasteiger charge is 1.87. The lowest BCUT2D eigenvalue weighted by Gasteiger charge is -1.94. The maximum atomic E-state index is 5.44. The Bertz CT molecular complexity index is 287. The minimum atomic E-state index is 0.398. The van der Waals surface area contributed by atoms with Crippen LogP contribution in [-0.2, 0) is 6.42 Å². The largest absolute Gasteiger partial charge is 0.113 e. The number of hydrogen-bond donors (Lipinski definition) is 0. The maximum Gasteiger partial charge on any atom is 0.0839 e. The first kappa shape index (κ1) is 9.16. The molecule has 0 saturated carbocycles. The molecular formula is C11H11Cl. The van der Waals surface area contributed by atoms with E-state index in [1.165, 1.54) is 5.56 Å². The van der Waals surface area contributed by atoms with Crippen LogP contribution in [0.4, 0.5) is 0 Å². The number of halogens is 1. The van der Waals surface area contributed by atoms with Crippen LogP contribution in [0.1, 0.15) is 18.1 Å². The Morgan fingerprint density at radius 3 is 2.42 bits per heavy atom. The smallest absolute Gasteiger partial charge is 0.0839 e. The van der Waals surface area contributed by atoms with Crippen LogP contribution in [0.15, 0.2) is 24.3 Å². The summed E-state index contributed by atoms with van der Waals surface area (Å²) in [4.78, 5) is 0. The molecule has 0 saturated heterocycles. The SMILES string of the molecule is CCc1ccc(C#CCCl)cc1. The Labute approximate surface area is 78.6 Å². The van der Waals surface area contributed by atoms with Crippen LogP contribution in [0, 0.1) is 11.8 Å². The van der Waals surface area contributed by atoms with Crippen molar-refractivity contribution in [3.8, 4) is 11.8 Å². The molecule has 0 aliphatic rings. The molecule has 12 heavy (non-hydrogen) atoms. The summed E-state index contributed by atoms with van der Waals surface area (Å²) < 4.78 is 0. The highest BCUT2D eigenvalue weighted by atomic mass is 35.5. The summed E-state index contributed by atoms with van der Waals surface area (Å²) in [5.74, 6) is 6.18. The lowest BCUT2D eigenvalue weighted by atomic mass is 10.1. The van der Waals surface area contributed by atoms with Gasteiger partial charge in [-0.25, -0.2) is 0 Å². The zero-order valence-electron chi connectivity index (χ0n) is 7.10. The highest BCUT2D eigenvalue weighted by molar-refractivity contribution is 6.19. The predicted octanol–water partition coefficient (Wildman–Crippen LogP) is 2.84. The van der Waals surface area contributed by atoms with Gasteiger partial charge in [0, 0.05) is 5.56 Å². The van der Waals surface area contributed by atoms with Crippen molar-refractivity contribution in [2.24, 2.45) is 0 Å². The Morgan fingerprint density at radius 1 is 1.25 bits per heavy atom. The fraction of sp³-hybridized carbons (Fsp3) is 0.273. The van der Waals surface area contributed by atoms with Crippen LogP contribution in [0.3, 0.4) is 0 Å². The lowest BCUT2D eigenvalue weighted by molar-refractivity contribution is 1.14. The fourth-order valence-corrected chi connectivity index (χ4v) is 1.03. The van der Waals surface area contributed by atoms with Crippen molar-refractivity contribution < 1.29 is 0 Å². The van der Waals surface area contributed by atoms with Gasteiger partial charge in [-0.3, -0.25) is 0 Å². The second-order valence-corrected chi connectivity index (χ2v) is 2.75. The minimum Gasteiger partial charge on any atom is -0.113 e. The van der Waals surface area contributed by atoms with E-state index in [2.05, 4.69) is 30.9 Å². The van der Waals surface area contributed by atoms with Gasteiger partial charge in [0.1, 0.15) is 0 Å². The third-order valence-electron chi connectivity index (χ3n) is 1.66. The van der Waals surface area contributed by atoms with Crippen molar-refractivity contribution >= 4 is 11.6 Å². The Hall–Kier alpha value is -0.930. The van der Waals surface area contributed by atoms with Crippen LogP contribution in [0.5, 0.6) is 0 Å². The van der Waals surface area contributed by atoms with Gasteiger partial charge in [0.05, 0.1) is 5.88 Å².